The summed E-state index contributed by atoms with van der Waals surface area (Å²) in [4.78, 5) is 16.0. The zero-order valence-corrected chi connectivity index (χ0v) is 11.8. The number of nitrogens with two attached hydrogens (primary N) is 1. The van der Waals surface area contributed by atoms with E-state index in [1.807, 2.05) is 6.92 Å². The lowest BCUT2D eigenvalue weighted by Crippen LogP contribution is -2.31. The minimum atomic E-state index is -0.177. The van der Waals surface area contributed by atoms with Crippen molar-refractivity contribution in [2.45, 2.75) is 43.4 Å². The molecule has 0 aliphatic rings. The first-order valence-corrected chi connectivity index (χ1v) is 7.18. The van der Waals surface area contributed by atoms with E-state index in [4.69, 9.17) is 5.73 Å². The Morgan fingerprint density at radius 2 is 2.33 bits per heavy atom. The number of rotatable bonds is 7. The van der Waals surface area contributed by atoms with Gasteiger partial charge in [0.2, 0.25) is 5.91 Å². The molecule has 4 nitrogen and oxygen atoms in total. The van der Waals surface area contributed by atoms with Gasteiger partial charge in [0, 0.05) is 12.7 Å². The van der Waals surface area contributed by atoms with E-state index in [9.17, 15) is 4.79 Å². The molecule has 18 heavy (non-hydrogen) atoms. The fourth-order valence-electron chi connectivity index (χ4n) is 1.45. The summed E-state index contributed by atoms with van der Waals surface area (Å²) in [6.45, 7) is 4.76. The van der Waals surface area contributed by atoms with Crippen LogP contribution in [0.4, 0.5) is 5.69 Å². The fourth-order valence-corrected chi connectivity index (χ4v) is 2.30. The largest absolute Gasteiger partial charge is 0.397 e. The van der Waals surface area contributed by atoms with Crippen LogP contribution < -0.4 is 11.1 Å². The summed E-state index contributed by atoms with van der Waals surface area (Å²) in [6.07, 6.45) is 5.02. The smallest absolute Gasteiger partial charge is 0.233 e. The highest BCUT2D eigenvalue weighted by Crippen LogP contribution is 2.25. The number of aromatic nitrogens is 1. The number of thioether (sulfide) groups is 1. The Morgan fingerprint density at radius 3 is 3.00 bits per heavy atom. The van der Waals surface area contributed by atoms with E-state index in [-0.39, 0.29) is 11.2 Å². The lowest BCUT2D eigenvalue weighted by molar-refractivity contribution is -0.120. The summed E-state index contributed by atoms with van der Waals surface area (Å²) in [6, 6.07) is 3.58. The number of hydrogen-bond donors (Lipinski definition) is 2. The summed E-state index contributed by atoms with van der Waals surface area (Å²) in [5.74, 6) is 0.0427. The van der Waals surface area contributed by atoms with Crippen LogP contribution in [0.1, 0.15) is 33.1 Å². The van der Waals surface area contributed by atoms with Crippen LogP contribution in [0.3, 0.4) is 0 Å². The van der Waals surface area contributed by atoms with E-state index in [0.29, 0.717) is 10.7 Å². The molecular formula is C13H21N3OS. The second-order valence-electron chi connectivity index (χ2n) is 4.16. The number of amides is 1. The standard InChI is InChI=1S/C13H21N3OS/c1-3-4-5-8-15-12(17)10(2)18-13-11(14)7-6-9-16-13/h6-7,9-10H,3-5,8,14H2,1-2H3,(H,15,17). The molecule has 1 rings (SSSR count). The third-order valence-electron chi connectivity index (χ3n) is 2.54. The SMILES string of the molecule is CCCCCNC(=O)C(C)Sc1ncccc1N. The Morgan fingerprint density at radius 1 is 1.56 bits per heavy atom. The van der Waals surface area contributed by atoms with Gasteiger partial charge in [0.05, 0.1) is 10.9 Å². The fraction of sp³-hybridized carbons (Fsp3) is 0.538. The molecule has 0 saturated heterocycles. The zero-order chi connectivity index (χ0) is 13.4. The van der Waals surface area contributed by atoms with Gasteiger partial charge in [-0.05, 0) is 25.5 Å². The Labute approximate surface area is 113 Å². The van der Waals surface area contributed by atoms with Gasteiger partial charge in [-0.1, -0.05) is 31.5 Å². The number of hydrogen-bond acceptors (Lipinski definition) is 4. The van der Waals surface area contributed by atoms with Crippen molar-refractivity contribution in [3.63, 3.8) is 0 Å². The Bertz CT molecular complexity index is 384. The molecule has 1 aromatic heterocycles. The van der Waals surface area contributed by atoms with Gasteiger partial charge in [-0.3, -0.25) is 4.79 Å². The van der Waals surface area contributed by atoms with Crippen molar-refractivity contribution in [2.24, 2.45) is 0 Å². The molecule has 0 radical (unpaired) electrons. The molecule has 0 saturated carbocycles. The molecule has 0 aromatic carbocycles. The Balaban J connectivity index is 2.38. The molecule has 0 aliphatic heterocycles. The number of nitrogens with one attached hydrogen (secondary N) is 1. The first-order valence-electron chi connectivity index (χ1n) is 6.30. The Hall–Kier alpha value is -1.23. The highest BCUT2D eigenvalue weighted by Gasteiger charge is 2.15. The molecule has 0 spiro atoms. The summed E-state index contributed by atoms with van der Waals surface area (Å²) in [5.41, 5.74) is 6.41. The maximum Gasteiger partial charge on any atom is 0.233 e. The number of anilines is 1. The number of pyridine rings is 1. The molecule has 0 aliphatic carbocycles. The van der Waals surface area contributed by atoms with E-state index in [0.717, 1.165) is 25.8 Å². The summed E-state index contributed by atoms with van der Waals surface area (Å²) in [5, 5.41) is 3.47. The summed E-state index contributed by atoms with van der Waals surface area (Å²) < 4.78 is 0. The van der Waals surface area contributed by atoms with E-state index < -0.39 is 0 Å². The van der Waals surface area contributed by atoms with E-state index in [2.05, 4.69) is 17.2 Å². The molecule has 0 fully saturated rings. The van der Waals surface area contributed by atoms with Gasteiger partial charge in [-0.25, -0.2) is 4.98 Å². The average Bonchev–Trinajstić information content (AvgIpc) is 2.37. The van der Waals surface area contributed by atoms with Crippen LogP contribution in [0.15, 0.2) is 23.4 Å². The maximum atomic E-state index is 11.8. The normalized spacial score (nSPS) is 12.1. The van der Waals surface area contributed by atoms with E-state index in [1.165, 1.54) is 11.8 Å². The van der Waals surface area contributed by atoms with Crippen molar-refractivity contribution >= 4 is 23.4 Å². The highest BCUT2D eigenvalue weighted by atomic mass is 32.2. The zero-order valence-electron chi connectivity index (χ0n) is 11.0. The molecule has 1 amide bonds. The van der Waals surface area contributed by atoms with Crippen LogP contribution in [0.2, 0.25) is 0 Å². The van der Waals surface area contributed by atoms with E-state index in [1.54, 1.807) is 18.3 Å². The molecule has 1 heterocycles. The van der Waals surface area contributed by atoms with Crippen LogP contribution >= 0.6 is 11.8 Å². The molecule has 1 unspecified atom stereocenters. The first kappa shape index (κ1) is 14.8. The molecule has 100 valence electrons. The molecule has 0 bridgehead atoms. The van der Waals surface area contributed by atoms with Gasteiger partial charge in [0.15, 0.2) is 0 Å². The summed E-state index contributed by atoms with van der Waals surface area (Å²) in [7, 11) is 0. The number of nitrogen functional groups attached to an aromatic ring is 1. The van der Waals surface area contributed by atoms with Gasteiger partial charge in [0.1, 0.15) is 5.03 Å². The first-order chi connectivity index (χ1) is 8.65. The van der Waals surface area contributed by atoms with Crippen molar-refractivity contribution in [1.29, 1.82) is 0 Å². The third-order valence-corrected chi connectivity index (χ3v) is 3.67. The monoisotopic (exact) mass is 267 g/mol. The maximum absolute atomic E-state index is 11.8. The van der Waals surface area contributed by atoms with Crippen LogP contribution in [0.5, 0.6) is 0 Å². The minimum absolute atomic E-state index is 0.0427. The van der Waals surface area contributed by atoms with Gasteiger partial charge < -0.3 is 11.1 Å². The number of carbonyl (C=O) groups excluding carboxylic acids is 1. The predicted molar refractivity (Wildman–Crippen MR) is 76.5 cm³/mol. The quantitative estimate of drug-likeness (QED) is 0.588. The molecule has 5 heteroatoms. The number of carbonyl (C=O) groups is 1. The van der Waals surface area contributed by atoms with Crippen LogP contribution in [0, 0.1) is 0 Å². The minimum Gasteiger partial charge on any atom is -0.397 e. The van der Waals surface area contributed by atoms with Crippen LogP contribution in [0.25, 0.3) is 0 Å². The topological polar surface area (TPSA) is 68.0 Å². The molecule has 3 N–H and O–H groups in total. The van der Waals surface area contributed by atoms with Gasteiger partial charge in [0.25, 0.3) is 0 Å². The van der Waals surface area contributed by atoms with Gasteiger partial charge >= 0.3 is 0 Å². The third kappa shape index (κ3) is 4.96. The number of nitrogens with zero attached hydrogens (tertiary/aromatic N) is 1. The Kier molecular flexibility index (Phi) is 6.57. The van der Waals surface area contributed by atoms with Crippen molar-refractivity contribution in [3.8, 4) is 0 Å². The molecule has 1 aromatic rings. The highest BCUT2D eigenvalue weighted by molar-refractivity contribution is 8.00. The van der Waals surface area contributed by atoms with Gasteiger partial charge in [-0.15, -0.1) is 0 Å². The van der Waals surface area contributed by atoms with Crippen LogP contribution in [-0.4, -0.2) is 22.7 Å². The van der Waals surface area contributed by atoms with Gasteiger partial charge in [-0.2, -0.15) is 0 Å². The van der Waals surface area contributed by atoms with Crippen molar-refractivity contribution in [1.82, 2.24) is 10.3 Å². The van der Waals surface area contributed by atoms with E-state index >= 15 is 0 Å². The second kappa shape index (κ2) is 7.97. The predicted octanol–water partition coefficient (Wildman–Crippen LogP) is 2.45. The summed E-state index contributed by atoms with van der Waals surface area (Å²) >= 11 is 1.39. The van der Waals surface area contributed by atoms with Crippen molar-refractivity contribution in [2.75, 3.05) is 12.3 Å². The number of unbranched alkanes of at least 4 members (excludes halogenated alkanes) is 2. The second-order valence-corrected chi connectivity index (χ2v) is 5.49. The van der Waals surface area contributed by atoms with Crippen molar-refractivity contribution < 1.29 is 4.79 Å². The lowest BCUT2D eigenvalue weighted by atomic mass is 10.2. The molecular weight excluding hydrogens is 246 g/mol. The van der Waals surface area contributed by atoms with Crippen molar-refractivity contribution in [3.05, 3.63) is 18.3 Å². The average molecular weight is 267 g/mol. The van der Waals surface area contributed by atoms with Crippen LogP contribution in [-0.2, 0) is 4.79 Å². The molecule has 1 atom stereocenters. The lowest BCUT2D eigenvalue weighted by Gasteiger charge is -2.12.